The van der Waals surface area contributed by atoms with Crippen LogP contribution in [0, 0.1) is 0 Å². The van der Waals surface area contributed by atoms with Gasteiger partial charge in [-0.2, -0.15) is 13.2 Å². The molecule has 4 N–H and O–H groups in total. The fourth-order valence-electron chi connectivity index (χ4n) is 1.24. The van der Waals surface area contributed by atoms with Crippen LogP contribution in [-0.2, 0) is 6.18 Å². The highest BCUT2D eigenvalue weighted by Crippen LogP contribution is 2.33. The molecule has 0 fully saturated rings. The lowest BCUT2D eigenvalue weighted by molar-refractivity contribution is -0.138. The first-order valence-electron chi connectivity index (χ1n) is 5.15. The van der Waals surface area contributed by atoms with Gasteiger partial charge in [-0.15, -0.1) is 0 Å². The first-order valence-corrected chi connectivity index (χ1v) is 5.15. The molecule has 0 atom stereocenters. The van der Waals surface area contributed by atoms with Crippen LogP contribution < -0.4 is 11.5 Å². The second-order valence-electron chi connectivity index (χ2n) is 3.50. The molecule has 1 rings (SSSR count). The molecule has 0 spiro atoms. The Morgan fingerprint density at radius 2 is 2.05 bits per heavy atom. The lowest BCUT2D eigenvalue weighted by atomic mass is 10.1. The summed E-state index contributed by atoms with van der Waals surface area (Å²) in [6, 6.07) is 0. The number of nitrogens with zero attached hydrogens (tertiary/aromatic N) is 3. The van der Waals surface area contributed by atoms with Gasteiger partial charge in [0.2, 0.25) is 5.95 Å². The van der Waals surface area contributed by atoms with Crippen LogP contribution in [0.15, 0.2) is 17.4 Å². The van der Waals surface area contributed by atoms with E-state index >= 15 is 0 Å². The average Bonchev–Trinajstić information content (AvgIpc) is 2.32. The van der Waals surface area contributed by atoms with Gasteiger partial charge in [0.15, 0.2) is 0 Å². The van der Waals surface area contributed by atoms with Gasteiger partial charge in [-0.1, -0.05) is 0 Å². The molecule has 20 heavy (non-hydrogen) atoms. The predicted octanol–water partition coefficient (Wildman–Crippen LogP) is 1.71. The Morgan fingerprint density at radius 3 is 2.55 bits per heavy atom. The first kappa shape index (κ1) is 15.8. The van der Waals surface area contributed by atoms with E-state index in [1.54, 1.807) is 0 Å². The molecular formula is C10H10F5N5. The Hall–Kier alpha value is -2.26. The number of aliphatic imine (C=N–C) groups is 1. The summed E-state index contributed by atoms with van der Waals surface area (Å²) >= 11 is 0. The second kappa shape index (κ2) is 6.26. The minimum absolute atomic E-state index is 0.285. The summed E-state index contributed by atoms with van der Waals surface area (Å²) in [6.45, 7) is -0.862. The Labute approximate surface area is 110 Å². The molecule has 110 valence electrons. The standard InChI is InChI=1S/C10H10F5N5/c11-7(12)4-18-2-5(1-16)8-6(10(13,14)15)3-19-9(17)20-8/h1-3,7H,4,16H2,(H2,17,19,20)/b5-1+,18-2?. The van der Waals surface area contributed by atoms with Crippen molar-refractivity contribution in [1.82, 2.24) is 9.97 Å². The van der Waals surface area contributed by atoms with Crippen LogP contribution >= 0.6 is 0 Å². The summed E-state index contributed by atoms with van der Waals surface area (Å²) in [4.78, 5) is 9.95. The molecule has 0 amide bonds. The SMILES string of the molecule is N/C=C(\C=NCC(F)F)c1nc(N)ncc1C(F)(F)F. The van der Waals surface area contributed by atoms with Gasteiger partial charge in [-0.05, 0) is 0 Å². The van der Waals surface area contributed by atoms with Gasteiger partial charge >= 0.3 is 6.18 Å². The molecule has 0 aromatic carbocycles. The van der Waals surface area contributed by atoms with Crippen molar-refractivity contribution in [3.63, 3.8) is 0 Å². The topological polar surface area (TPSA) is 90.2 Å². The van der Waals surface area contributed by atoms with Crippen LogP contribution in [0.25, 0.3) is 5.57 Å². The number of alkyl halides is 5. The summed E-state index contributed by atoms with van der Waals surface area (Å²) in [6.07, 6.45) is -5.42. The van der Waals surface area contributed by atoms with E-state index in [-0.39, 0.29) is 5.57 Å². The molecule has 0 radical (unpaired) electrons. The Bertz CT molecular complexity index is 523. The highest BCUT2D eigenvalue weighted by atomic mass is 19.4. The zero-order valence-corrected chi connectivity index (χ0v) is 9.90. The summed E-state index contributed by atoms with van der Waals surface area (Å²) in [7, 11) is 0. The number of rotatable bonds is 4. The van der Waals surface area contributed by atoms with Crippen molar-refractivity contribution in [2.24, 2.45) is 10.7 Å². The molecule has 1 aromatic heterocycles. The van der Waals surface area contributed by atoms with Crippen LogP contribution in [-0.4, -0.2) is 29.2 Å². The number of aromatic nitrogens is 2. The zero-order valence-electron chi connectivity index (χ0n) is 9.90. The van der Waals surface area contributed by atoms with Crippen molar-refractivity contribution >= 4 is 17.7 Å². The van der Waals surface area contributed by atoms with E-state index in [4.69, 9.17) is 11.5 Å². The van der Waals surface area contributed by atoms with Crippen molar-refractivity contribution in [3.8, 4) is 0 Å². The summed E-state index contributed by atoms with van der Waals surface area (Å²) in [5.74, 6) is -0.408. The van der Waals surface area contributed by atoms with E-state index in [9.17, 15) is 22.0 Å². The normalized spacial score (nSPS) is 13.4. The zero-order chi connectivity index (χ0) is 15.3. The van der Waals surface area contributed by atoms with E-state index in [1.807, 2.05) is 0 Å². The van der Waals surface area contributed by atoms with Gasteiger partial charge in [0.1, 0.15) is 5.56 Å². The molecule has 10 heteroatoms. The van der Waals surface area contributed by atoms with E-state index < -0.39 is 36.4 Å². The predicted molar refractivity (Wildman–Crippen MR) is 63.0 cm³/mol. The molecule has 0 aliphatic rings. The number of hydrogen-bond donors (Lipinski definition) is 2. The summed E-state index contributed by atoms with van der Waals surface area (Å²) < 4.78 is 62.2. The molecular weight excluding hydrogens is 285 g/mol. The molecule has 0 aliphatic heterocycles. The summed E-state index contributed by atoms with van der Waals surface area (Å²) in [5, 5.41) is 0. The second-order valence-corrected chi connectivity index (χ2v) is 3.50. The van der Waals surface area contributed by atoms with Crippen LogP contribution in [0.5, 0.6) is 0 Å². The van der Waals surface area contributed by atoms with Crippen LogP contribution in [0.1, 0.15) is 11.3 Å². The molecule has 0 bridgehead atoms. The number of halogens is 5. The quantitative estimate of drug-likeness (QED) is 0.653. The molecule has 0 saturated carbocycles. The summed E-state index contributed by atoms with van der Waals surface area (Å²) in [5.41, 5.74) is 8.30. The molecule has 5 nitrogen and oxygen atoms in total. The average molecular weight is 295 g/mol. The Balaban J connectivity index is 3.22. The Morgan fingerprint density at radius 1 is 1.40 bits per heavy atom. The molecule has 1 aromatic rings. The molecule has 0 aliphatic carbocycles. The number of anilines is 1. The molecule has 1 heterocycles. The smallest absolute Gasteiger partial charge is 0.404 e. The van der Waals surface area contributed by atoms with Crippen LogP contribution in [0.2, 0.25) is 0 Å². The van der Waals surface area contributed by atoms with E-state index in [2.05, 4.69) is 15.0 Å². The highest BCUT2D eigenvalue weighted by molar-refractivity contribution is 6.09. The van der Waals surface area contributed by atoms with Gasteiger partial charge in [0.25, 0.3) is 6.43 Å². The van der Waals surface area contributed by atoms with Gasteiger partial charge in [0.05, 0.1) is 12.2 Å². The molecule has 0 unspecified atom stereocenters. The van der Waals surface area contributed by atoms with Crippen LogP contribution in [0.4, 0.5) is 27.9 Å². The fourth-order valence-corrected chi connectivity index (χ4v) is 1.24. The minimum Gasteiger partial charge on any atom is -0.404 e. The number of hydrogen-bond acceptors (Lipinski definition) is 5. The number of nitrogens with two attached hydrogens (primary N) is 2. The molecule has 0 saturated heterocycles. The maximum absolute atomic E-state index is 12.8. The number of allylic oxidation sites excluding steroid dienone is 1. The maximum Gasteiger partial charge on any atom is 0.419 e. The third-order valence-electron chi connectivity index (χ3n) is 2.04. The monoisotopic (exact) mass is 295 g/mol. The maximum atomic E-state index is 12.8. The van der Waals surface area contributed by atoms with Crippen molar-refractivity contribution in [3.05, 3.63) is 23.7 Å². The van der Waals surface area contributed by atoms with Gasteiger partial charge in [0, 0.05) is 24.2 Å². The largest absolute Gasteiger partial charge is 0.419 e. The van der Waals surface area contributed by atoms with Crippen molar-refractivity contribution in [2.45, 2.75) is 12.6 Å². The van der Waals surface area contributed by atoms with Gasteiger partial charge in [-0.25, -0.2) is 18.7 Å². The third-order valence-corrected chi connectivity index (χ3v) is 2.04. The number of nitrogen functional groups attached to an aromatic ring is 1. The lowest BCUT2D eigenvalue weighted by Gasteiger charge is -2.11. The van der Waals surface area contributed by atoms with E-state index in [0.717, 1.165) is 12.4 Å². The van der Waals surface area contributed by atoms with E-state index in [1.165, 1.54) is 0 Å². The van der Waals surface area contributed by atoms with Crippen molar-refractivity contribution in [2.75, 3.05) is 12.3 Å². The highest BCUT2D eigenvalue weighted by Gasteiger charge is 2.35. The lowest BCUT2D eigenvalue weighted by Crippen LogP contribution is -2.14. The first-order chi connectivity index (χ1) is 9.25. The van der Waals surface area contributed by atoms with Gasteiger partial charge in [-0.3, -0.25) is 4.99 Å². The van der Waals surface area contributed by atoms with Crippen molar-refractivity contribution in [1.29, 1.82) is 0 Å². The Kier molecular flexibility index (Phi) is 4.94. The van der Waals surface area contributed by atoms with E-state index in [0.29, 0.717) is 6.20 Å². The van der Waals surface area contributed by atoms with Gasteiger partial charge < -0.3 is 11.5 Å². The fraction of sp³-hybridized carbons (Fsp3) is 0.300. The third kappa shape index (κ3) is 4.14. The van der Waals surface area contributed by atoms with Crippen molar-refractivity contribution < 1.29 is 22.0 Å². The minimum atomic E-state index is -4.74. The van der Waals surface area contributed by atoms with Crippen LogP contribution in [0.3, 0.4) is 0 Å².